The lowest BCUT2D eigenvalue weighted by molar-refractivity contribution is 0.402. The number of fused-ring (bicyclic) bond motifs is 1. The Morgan fingerprint density at radius 2 is 1.71 bits per heavy atom. The fourth-order valence-corrected chi connectivity index (χ4v) is 2.53. The van der Waals surface area contributed by atoms with Crippen molar-refractivity contribution in [1.82, 2.24) is 0 Å². The second kappa shape index (κ2) is 3.73. The van der Waals surface area contributed by atoms with Gasteiger partial charge >= 0.3 is 0 Å². The average molecular weight is 412 g/mol. The van der Waals surface area contributed by atoms with Crippen LogP contribution < -0.4 is 0 Å². The Balaban J connectivity index is 2.92. The summed E-state index contributed by atoms with van der Waals surface area (Å²) in [7, 11) is 0. The molecule has 2 nitrogen and oxygen atoms in total. The summed E-state index contributed by atoms with van der Waals surface area (Å²) in [4.78, 5) is 0. The number of aromatic hydroxyl groups is 2. The van der Waals surface area contributed by atoms with Gasteiger partial charge in [0.05, 0.1) is 3.57 Å². The van der Waals surface area contributed by atoms with Crippen LogP contribution in [0.4, 0.5) is 0 Å². The van der Waals surface area contributed by atoms with Gasteiger partial charge in [-0.15, -0.1) is 0 Å². The average Bonchev–Trinajstić information content (AvgIpc) is 2.16. The molecule has 0 heterocycles. The van der Waals surface area contributed by atoms with Crippen molar-refractivity contribution in [2.45, 2.75) is 0 Å². The summed E-state index contributed by atoms with van der Waals surface area (Å²) in [6.07, 6.45) is 0. The molecule has 0 bridgehead atoms. The van der Waals surface area contributed by atoms with Gasteiger partial charge in [-0.3, -0.25) is 0 Å². The summed E-state index contributed by atoms with van der Waals surface area (Å²) in [5.41, 5.74) is 0. The van der Waals surface area contributed by atoms with Crippen molar-refractivity contribution in [3.8, 4) is 11.5 Å². The monoisotopic (exact) mass is 412 g/mol. The number of halogens is 2. The standard InChI is InChI=1S/C10H6I2O2/c11-6-2-1-5-3-8(13)10(14)9(12)7(5)4-6/h1-4,13-14H. The van der Waals surface area contributed by atoms with Gasteiger partial charge in [0.2, 0.25) is 0 Å². The number of benzene rings is 2. The van der Waals surface area contributed by atoms with E-state index in [4.69, 9.17) is 0 Å². The minimum atomic E-state index is -0.0666. The fraction of sp³-hybridized carbons (Fsp3) is 0. The molecule has 0 radical (unpaired) electrons. The van der Waals surface area contributed by atoms with Crippen molar-refractivity contribution in [2.24, 2.45) is 0 Å². The Hall–Kier alpha value is -0.240. The van der Waals surface area contributed by atoms with Crippen LogP contribution in [0.25, 0.3) is 10.8 Å². The van der Waals surface area contributed by atoms with Crippen LogP contribution in [0.5, 0.6) is 11.5 Å². The van der Waals surface area contributed by atoms with Crippen LogP contribution in [0, 0.1) is 7.14 Å². The van der Waals surface area contributed by atoms with E-state index in [-0.39, 0.29) is 11.5 Å². The highest BCUT2D eigenvalue weighted by Gasteiger charge is 2.09. The molecule has 0 aliphatic carbocycles. The van der Waals surface area contributed by atoms with Gasteiger partial charge in [0.15, 0.2) is 11.5 Å². The summed E-state index contributed by atoms with van der Waals surface area (Å²) in [5, 5.41) is 20.8. The molecule has 4 heteroatoms. The number of hydrogen-bond donors (Lipinski definition) is 2. The molecule has 0 atom stereocenters. The zero-order valence-electron chi connectivity index (χ0n) is 6.96. The van der Waals surface area contributed by atoms with E-state index in [1.807, 2.05) is 40.8 Å². The third-order valence-corrected chi connectivity index (χ3v) is 3.76. The highest BCUT2D eigenvalue weighted by Crippen LogP contribution is 2.36. The molecular weight excluding hydrogens is 406 g/mol. The molecular formula is C10H6I2O2. The molecule has 2 aromatic carbocycles. The van der Waals surface area contributed by atoms with Crippen LogP contribution in [0.2, 0.25) is 0 Å². The van der Waals surface area contributed by atoms with Crippen molar-refractivity contribution in [3.63, 3.8) is 0 Å². The summed E-state index contributed by atoms with van der Waals surface area (Å²) in [6, 6.07) is 7.45. The zero-order valence-corrected chi connectivity index (χ0v) is 11.3. The molecule has 0 spiro atoms. The zero-order chi connectivity index (χ0) is 10.3. The summed E-state index contributed by atoms with van der Waals surface area (Å²) >= 11 is 4.25. The molecule has 2 aromatic rings. The Labute approximate surface area is 108 Å². The summed E-state index contributed by atoms with van der Waals surface area (Å²) in [5.74, 6) is -0.108. The van der Waals surface area contributed by atoms with Crippen LogP contribution >= 0.6 is 45.2 Å². The molecule has 72 valence electrons. The molecule has 2 rings (SSSR count). The van der Waals surface area contributed by atoms with Gasteiger partial charge in [0, 0.05) is 8.96 Å². The van der Waals surface area contributed by atoms with Crippen molar-refractivity contribution < 1.29 is 10.2 Å². The number of phenolic OH excluding ortho intramolecular Hbond substituents is 2. The highest BCUT2D eigenvalue weighted by molar-refractivity contribution is 14.1. The van der Waals surface area contributed by atoms with Crippen LogP contribution in [0.3, 0.4) is 0 Å². The second-order valence-electron chi connectivity index (χ2n) is 2.92. The maximum atomic E-state index is 9.54. The molecule has 0 saturated heterocycles. The Bertz CT molecular complexity index is 509. The molecule has 0 aromatic heterocycles. The second-order valence-corrected chi connectivity index (χ2v) is 5.25. The molecule has 0 saturated carbocycles. The minimum Gasteiger partial charge on any atom is -0.504 e. The third kappa shape index (κ3) is 1.65. The van der Waals surface area contributed by atoms with Crippen molar-refractivity contribution >= 4 is 56.0 Å². The molecule has 0 aliphatic heterocycles. The van der Waals surface area contributed by atoms with Crippen LogP contribution in [0.1, 0.15) is 0 Å². The van der Waals surface area contributed by atoms with E-state index in [2.05, 4.69) is 22.6 Å². The molecule has 0 unspecified atom stereocenters. The first kappa shape index (κ1) is 10.3. The van der Waals surface area contributed by atoms with E-state index in [1.165, 1.54) is 0 Å². The van der Waals surface area contributed by atoms with E-state index >= 15 is 0 Å². The quantitative estimate of drug-likeness (QED) is 0.515. The van der Waals surface area contributed by atoms with Crippen molar-refractivity contribution in [2.75, 3.05) is 0 Å². The number of rotatable bonds is 0. The van der Waals surface area contributed by atoms with Gasteiger partial charge in [-0.25, -0.2) is 0 Å². The first-order chi connectivity index (χ1) is 6.59. The Morgan fingerprint density at radius 3 is 2.43 bits per heavy atom. The predicted octanol–water partition coefficient (Wildman–Crippen LogP) is 3.46. The number of phenols is 2. The van der Waals surface area contributed by atoms with E-state index in [9.17, 15) is 10.2 Å². The largest absolute Gasteiger partial charge is 0.504 e. The van der Waals surface area contributed by atoms with E-state index in [0.717, 1.165) is 14.3 Å². The van der Waals surface area contributed by atoms with Gasteiger partial charge in [0.25, 0.3) is 0 Å². The van der Waals surface area contributed by atoms with Crippen LogP contribution in [-0.4, -0.2) is 10.2 Å². The van der Waals surface area contributed by atoms with Gasteiger partial charge in [-0.1, -0.05) is 6.07 Å². The van der Waals surface area contributed by atoms with E-state index < -0.39 is 0 Å². The third-order valence-electron chi connectivity index (χ3n) is 1.99. The summed E-state index contributed by atoms with van der Waals surface area (Å²) in [6.45, 7) is 0. The van der Waals surface area contributed by atoms with Gasteiger partial charge in [0.1, 0.15) is 0 Å². The van der Waals surface area contributed by atoms with Gasteiger partial charge in [-0.2, -0.15) is 0 Å². The molecule has 0 amide bonds. The lowest BCUT2D eigenvalue weighted by Crippen LogP contribution is -1.82. The first-order valence-corrected chi connectivity index (χ1v) is 6.05. The van der Waals surface area contributed by atoms with Crippen LogP contribution in [-0.2, 0) is 0 Å². The van der Waals surface area contributed by atoms with E-state index in [0.29, 0.717) is 3.57 Å². The topological polar surface area (TPSA) is 40.5 Å². The smallest absolute Gasteiger partial charge is 0.171 e. The van der Waals surface area contributed by atoms with Crippen LogP contribution in [0.15, 0.2) is 24.3 Å². The normalized spacial score (nSPS) is 10.7. The lowest BCUT2D eigenvalue weighted by Gasteiger charge is -2.05. The van der Waals surface area contributed by atoms with Crippen molar-refractivity contribution in [3.05, 3.63) is 31.4 Å². The molecule has 0 fully saturated rings. The Kier molecular flexibility index (Phi) is 2.74. The summed E-state index contributed by atoms with van der Waals surface area (Å²) < 4.78 is 1.80. The predicted molar refractivity (Wildman–Crippen MR) is 72.7 cm³/mol. The van der Waals surface area contributed by atoms with Gasteiger partial charge < -0.3 is 10.2 Å². The molecule has 0 aliphatic rings. The molecule has 2 N–H and O–H groups in total. The molecule has 14 heavy (non-hydrogen) atoms. The first-order valence-electron chi connectivity index (χ1n) is 3.89. The SMILES string of the molecule is Oc1cc2ccc(I)cc2c(I)c1O. The minimum absolute atomic E-state index is 0.0416. The van der Waals surface area contributed by atoms with E-state index in [1.54, 1.807) is 6.07 Å². The number of hydrogen-bond acceptors (Lipinski definition) is 2. The maximum absolute atomic E-state index is 9.54. The lowest BCUT2D eigenvalue weighted by atomic mass is 10.1. The fourth-order valence-electron chi connectivity index (χ4n) is 1.30. The van der Waals surface area contributed by atoms with Gasteiger partial charge in [-0.05, 0) is 68.8 Å². The maximum Gasteiger partial charge on any atom is 0.171 e. The highest BCUT2D eigenvalue weighted by atomic mass is 127. The van der Waals surface area contributed by atoms with Crippen molar-refractivity contribution in [1.29, 1.82) is 0 Å². The Morgan fingerprint density at radius 1 is 1.00 bits per heavy atom.